The molecule has 9 heteroatoms. The van der Waals surface area contributed by atoms with E-state index < -0.39 is 4.92 Å². The van der Waals surface area contributed by atoms with E-state index in [9.17, 15) is 10.1 Å². The van der Waals surface area contributed by atoms with Crippen molar-refractivity contribution in [2.75, 3.05) is 6.79 Å². The van der Waals surface area contributed by atoms with E-state index in [1.165, 1.54) is 12.1 Å². The average Bonchev–Trinajstić information content (AvgIpc) is 3.41. The van der Waals surface area contributed by atoms with Crippen LogP contribution in [0.15, 0.2) is 66.7 Å². The molecule has 0 atom stereocenters. The first-order valence-electron chi connectivity index (χ1n) is 9.47. The molecule has 150 valence electrons. The molecule has 31 heavy (non-hydrogen) atoms. The number of rotatable bonds is 3. The van der Waals surface area contributed by atoms with E-state index in [-0.39, 0.29) is 12.5 Å². The molecule has 0 bridgehead atoms. The number of fused-ring (bicyclic) bond motifs is 3. The average molecular weight is 411 g/mol. The van der Waals surface area contributed by atoms with E-state index >= 15 is 0 Å². The van der Waals surface area contributed by atoms with Crippen molar-refractivity contribution in [2.24, 2.45) is 0 Å². The molecule has 0 spiro atoms. The molecule has 9 nitrogen and oxygen atoms in total. The molecule has 3 heterocycles. The Kier molecular flexibility index (Phi) is 3.63. The number of aromatic nitrogens is 4. The number of non-ortho nitro benzene ring substituents is 1. The van der Waals surface area contributed by atoms with Crippen molar-refractivity contribution in [3.05, 3.63) is 76.8 Å². The highest BCUT2D eigenvalue weighted by Gasteiger charge is 2.21. The first-order valence-corrected chi connectivity index (χ1v) is 9.47. The van der Waals surface area contributed by atoms with Crippen molar-refractivity contribution in [3.63, 3.8) is 0 Å². The van der Waals surface area contributed by atoms with Gasteiger partial charge in [0.2, 0.25) is 6.79 Å². The summed E-state index contributed by atoms with van der Waals surface area (Å²) in [5.41, 5.74) is 3.72. The van der Waals surface area contributed by atoms with Crippen LogP contribution in [0.25, 0.3) is 39.4 Å². The van der Waals surface area contributed by atoms with Crippen LogP contribution in [0, 0.1) is 10.1 Å². The van der Waals surface area contributed by atoms with Crippen molar-refractivity contribution in [3.8, 4) is 28.6 Å². The van der Waals surface area contributed by atoms with Crippen molar-refractivity contribution >= 4 is 28.0 Å². The second kappa shape index (κ2) is 6.49. The molecule has 5 aromatic rings. The van der Waals surface area contributed by atoms with Crippen LogP contribution in [0.3, 0.4) is 0 Å². The smallest absolute Gasteiger partial charge is 0.270 e. The first-order chi connectivity index (χ1) is 15.2. The quantitative estimate of drug-likeness (QED) is 0.322. The fraction of sp³-hybridized carbons (Fsp3) is 0.0455. The standard InChI is InChI=1S/C22H13N5O4/c28-27(29)15-5-3-4-13(10-15)21-25-20-22(24-17-7-2-1-6-16(17)23-20)26(21)14-8-9-18-19(11-14)31-12-30-18/h1-11H,12H2. The number of hydrogen-bond acceptors (Lipinski definition) is 7. The summed E-state index contributed by atoms with van der Waals surface area (Å²) in [5, 5.41) is 11.3. The largest absolute Gasteiger partial charge is 0.454 e. The Bertz CT molecular complexity index is 1510. The van der Waals surface area contributed by atoms with Crippen molar-refractivity contribution in [1.82, 2.24) is 19.5 Å². The number of para-hydroxylation sites is 2. The highest BCUT2D eigenvalue weighted by Crippen LogP contribution is 2.36. The molecule has 1 aliphatic rings. The number of hydrogen-bond donors (Lipinski definition) is 0. The predicted octanol–water partition coefficient (Wildman–Crippen LogP) is 4.27. The second-order valence-electron chi connectivity index (χ2n) is 6.98. The minimum atomic E-state index is -0.429. The number of ether oxygens (including phenoxy) is 2. The van der Waals surface area contributed by atoms with Gasteiger partial charge in [0.1, 0.15) is 5.82 Å². The molecule has 0 saturated carbocycles. The number of nitro groups is 1. The molecule has 6 rings (SSSR count). The Morgan fingerprint density at radius 1 is 0.871 bits per heavy atom. The molecule has 0 amide bonds. The van der Waals surface area contributed by atoms with Crippen LogP contribution < -0.4 is 9.47 Å². The molecule has 0 radical (unpaired) electrons. The van der Waals surface area contributed by atoms with E-state index in [0.29, 0.717) is 34.2 Å². The summed E-state index contributed by atoms with van der Waals surface area (Å²) >= 11 is 0. The molecular formula is C22H13N5O4. The van der Waals surface area contributed by atoms with Crippen LogP contribution in [-0.4, -0.2) is 31.2 Å². The second-order valence-corrected chi connectivity index (χ2v) is 6.98. The van der Waals surface area contributed by atoms with Crippen LogP contribution in [0.4, 0.5) is 5.69 Å². The van der Waals surface area contributed by atoms with Gasteiger partial charge in [0.25, 0.3) is 5.69 Å². The van der Waals surface area contributed by atoms with Gasteiger partial charge in [0, 0.05) is 23.8 Å². The van der Waals surface area contributed by atoms with Gasteiger partial charge in [-0.05, 0) is 24.3 Å². The molecule has 2 aromatic heterocycles. The van der Waals surface area contributed by atoms with Crippen LogP contribution in [-0.2, 0) is 0 Å². The van der Waals surface area contributed by atoms with E-state index in [1.807, 2.05) is 47.0 Å². The number of benzene rings is 3. The Morgan fingerprint density at radius 2 is 1.68 bits per heavy atom. The summed E-state index contributed by atoms with van der Waals surface area (Å²) in [5.74, 6) is 1.76. The van der Waals surface area contributed by atoms with Gasteiger partial charge in [0.15, 0.2) is 22.8 Å². The summed E-state index contributed by atoms with van der Waals surface area (Å²) in [6.45, 7) is 0.158. The zero-order valence-electron chi connectivity index (χ0n) is 15.9. The van der Waals surface area contributed by atoms with Gasteiger partial charge in [-0.25, -0.2) is 15.0 Å². The third kappa shape index (κ3) is 2.75. The molecule has 3 aromatic carbocycles. The van der Waals surface area contributed by atoms with Crippen LogP contribution >= 0.6 is 0 Å². The number of nitro benzene ring substituents is 1. The number of imidazole rings is 1. The van der Waals surface area contributed by atoms with E-state index in [4.69, 9.17) is 19.4 Å². The van der Waals surface area contributed by atoms with Gasteiger partial charge in [-0.2, -0.15) is 0 Å². The monoisotopic (exact) mass is 411 g/mol. The lowest BCUT2D eigenvalue weighted by atomic mass is 10.2. The summed E-state index contributed by atoms with van der Waals surface area (Å²) in [7, 11) is 0. The van der Waals surface area contributed by atoms with Gasteiger partial charge in [-0.3, -0.25) is 14.7 Å². The third-order valence-electron chi connectivity index (χ3n) is 5.10. The summed E-state index contributed by atoms with van der Waals surface area (Å²) in [6.07, 6.45) is 0. The lowest BCUT2D eigenvalue weighted by Gasteiger charge is -2.10. The SMILES string of the molecule is O=[N+]([O-])c1cccc(-c2nc3nc4ccccc4nc3n2-c2ccc3c(c2)OCO3)c1. The van der Waals surface area contributed by atoms with Gasteiger partial charge >= 0.3 is 0 Å². The lowest BCUT2D eigenvalue weighted by Crippen LogP contribution is -2.00. The molecule has 0 saturated heterocycles. The first kappa shape index (κ1) is 17.3. The summed E-state index contributed by atoms with van der Waals surface area (Å²) < 4.78 is 12.8. The highest BCUT2D eigenvalue weighted by atomic mass is 16.7. The van der Waals surface area contributed by atoms with Crippen molar-refractivity contribution in [1.29, 1.82) is 0 Å². The minimum Gasteiger partial charge on any atom is -0.454 e. The van der Waals surface area contributed by atoms with E-state index in [1.54, 1.807) is 12.1 Å². The Morgan fingerprint density at radius 3 is 2.52 bits per heavy atom. The van der Waals surface area contributed by atoms with Crippen LogP contribution in [0.2, 0.25) is 0 Å². The maximum Gasteiger partial charge on any atom is 0.270 e. The highest BCUT2D eigenvalue weighted by molar-refractivity contribution is 5.86. The molecule has 0 fully saturated rings. The fourth-order valence-corrected chi connectivity index (χ4v) is 3.68. The molecular weight excluding hydrogens is 398 g/mol. The normalized spacial score (nSPS) is 12.5. The zero-order chi connectivity index (χ0) is 20.9. The Labute approximate surface area is 174 Å². The number of nitrogens with zero attached hydrogens (tertiary/aromatic N) is 5. The third-order valence-corrected chi connectivity index (χ3v) is 5.10. The molecule has 0 N–H and O–H groups in total. The molecule has 1 aliphatic heterocycles. The molecule has 0 aliphatic carbocycles. The molecule has 0 unspecified atom stereocenters. The maximum atomic E-state index is 11.3. The van der Waals surface area contributed by atoms with E-state index in [2.05, 4.69) is 4.98 Å². The van der Waals surface area contributed by atoms with Crippen LogP contribution in [0.5, 0.6) is 11.5 Å². The van der Waals surface area contributed by atoms with E-state index in [0.717, 1.165) is 16.7 Å². The summed E-state index contributed by atoms with van der Waals surface area (Å²) in [4.78, 5) is 25.0. The van der Waals surface area contributed by atoms with Gasteiger partial charge < -0.3 is 9.47 Å². The lowest BCUT2D eigenvalue weighted by molar-refractivity contribution is -0.384. The zero-order valence-corrected chi connectivity index (χ0v) is 15.9. The minimum absolute atomic E-state index is 0.0205. The van der Waals surface area contributed by atoms with Crippen molar-refractivity contribution in [2.45, 2.75) is 0 Å². The topological polar surface area (TPSA) is 105 Å². The fourth-order valence-electron chi connectivity index (χ4n) is 3.68. The predicted molar refractivity (Wildman–Crippen MR) is 112 cm³/mol. The van der Waals surface area contributed by atoms with Gasteiger partial charge in [0.05, 0.1) is 21.6 Å². The van der Waals surface area contributed by atoms with Gasteiger partial charge in [-0.1, -0.05) is 24.3 Å². The van der Waals surface area contributed by atoms with Crippen molar-refractivity contribution < 1.29 is 14.4 Å². The Hall–Kier alpha value is -4.53. The maximum absolute atomic E-state index is 11.3. The van der Waals surface area contributed by atoms with Gasteiger partial charge in [-0.15, -0.1) is 0 Å². The summed E-state index contributed by atoms with van der Waals surface area (Å²) in [6, 6.07) is 19.4. The Balaban J connectivity index is 1.67. The van der Waals surface area contributed by atoms with Crippen LogP contribution in [0.1, 0.15) is 0 Å².